The molecule has 158 valence electrons. The predicted octanol–water partition coefficient (Wildman–Crippen LogP) is 2.18. The number of aliphatic hydroxyl groups excluding tert-OH is 2. The molecule has 0 bridgehead atoms. The Morgan fingerprint density at radius 2 is 1.65 bits per heavy atom. The summed E-state index contributed by atoms with van der Waals surface area (Å²) in [6.07, 6.45) is 5.49. The minimum Gasteiger partial charge on any atom is -0.756 e. The maximum Gasteiger partial charge on any atom is 0.266 e. The monoisotopic (exact) mass is 397 g/mol. The van der Waals surface area contributed by atoms with Gasteiger partial charge in [-0.25, -0.2) is 0 Å². The zero-order valence-corrected chi connectivity index (χ0v) is 18.1. The van der Waals surface area contributed by atoms with Crippen LogP contribution < -0.4 is 4.89 Å². The van der Waals surface area contributed by atoms with E-state index in [1.807, 2.05) is 28.1 Å². The normalized spacial score (nSPS) is 19.6. The van der Waals surface area contributed by atoms with Gasteiger partial charge in [-0.1, -0.05) is 46.0 Å². The molecule has 0 aliphatic rings. The Bertz CT molecular complexity index is 422. The van der Waals surface area contributed by atoms with Crippen molar-refractivity contribution in [2.75, 3.05) is 27.7 Å². The van der Waals surface area contributed by atoms with E-state index < -0.39 is 26.1 Å². The van der Waals surface area contributed by atoms with Crippen LogP contribution in [0, 0.1) is 0 Å². The highest BCUT2D eigenvalue weighted by atomic mass is 31.2. The van der Waals surface area contributed by atoms with Crippen LogP contribution in [0.5, 0.6) is 0 Å². The molecule has 4 unspecified atom stereocenters. The molecule has 0 rings (SSSR count). The highest BCUT2D eigenvalue weighted by Gasteiger charge is 2.49. The number of nitrogens with zero attached hydrogens (tertiary/aromatic N) is 1. The molecule has 0 heterocycles. The van der Waals surface area contributed by atoms with E-state index in [1.165, 1.54) is 0 Å². The Hall–Kier alpha value is -0.0100. The number of unbranched alkanes of at least 4 members (excludes halogenated alkanes) is 4. The second-order valence-electron chi connectivity index (χ2n) is 8.25. The molecular weight excluding hydrogens is 357 g/mol. The molecular formula is C18H40NO6P. The lowest BCUT2D eigenvalue weighted by Gasteiger charge is -2.49. The quantitative estimate of drug-likeness (QED) is 0.222. The van der Waals surface area contributed by atoms with Crippen LogP contribution in [-0.2, 0) is 9.09 Å². The molecule has 0 aromatic carbocycles. The minimum absolute atomic E-state index is 0.0354. The van der Waals surface area contributed by atoms with Crippen molar-refractivity contribution in [2.24, 2.45) is 0 Å². The van der Waals surface area contributed by atoms with Crippen LogP contribution in [0.1, 0.15) is 71.6 Å². The van der Waals surface area contributed by atoms with Crippen LogP contribution in [0.2, 0.25) is 0 Å². The number of rotatable bonds is 15. The van der Waals surface area contributed by atoms with E-state index in [4.69, 9.17) is 4.52 Å². The topological polar surface area (TPSA) is 110 Å². The van der Waals surface area contributed by atoms with Crippen molar-refractivity contribution in [3.63, 3.8) is 0 Å². The third-order valence-electron chi connectivity index (χ3n) is 4.92. The summed E-state index contributed by atoms with van der Waals surface area (Å²) in [5, 5.41) is 19.5. The van der Waals surface area contributed by atoms with Gasteiger partial charge in [0, 0.05) is 12.8 Å². The second-order valence-corrected chi connectivity index (χ2v) is 9.37. The molecule has 0 fully saturated rings. The van der Waals surface area contributed by atoms with Gasteiger partial charge in [-0.3, -0.25) is 4.57 Å². The van der Waals surface area contributed by atoms with E-state index in [0.29, 0.717) is 17.3 Å². The van der Waals surface area contributed by atoms with Crippen molar-refractivity contribution in [3.8, 4) is 0 Å². The fourth-order valence-electron chi connectivity index (χ4n) is 3.86. The van der Waals surface area contributed by atoms with E-state index in [9.17, 15) is 24.6 Å². The Labute approximate surface area is 159 Å². The lowest BCUT2D eigenvalue weighted by Crippen LogP contribution is -2.61. The van der Waals surface area contributed by atoms with Crippen molar-refractivity contribution in [1.29, 1.82) is 0 Å². The van der Waals surface area contributed by atoms with Crippen LogP contribution in [0.15, 0.2) is 0 Å². The minimum atomic E-state index is -5.02. The zero-order valence-electron chi connectivity index (χ0n) is 17.2. The van der Waals surface area contributed by atoms with Crippen LogP contribution in [0.4, 0.5) is 0 Å². The highest BCUT2D eigenvalue weighted by molar-refractivity contribution is 7.44. The van der Waals surface area contributed by atoms with E-state index in [2.05, 4.69) is 6.92 Å². The number of phosphoric acid groups is 1. The maximum absolute atomic E-state index is 11.7. The molecule has 0 amide bonds. The summed E-state index contributed by atoms with van der Waals surface area (Å²) in [4.78, 5) is 21.2. The van der Waals surface area contributed by atoms with Crippen molar-refractivity contribution in [1.82, 2.24) is 0 Å². The molecule has 4 atom stereocenters. The van der Waals surface area contributed by atoms with Crippen molar-refractivity contribution >= 4 is 7.82 Å². The summed E-state index contributed by atoms with van der Waals surface area (Å²) >= 11 is 0. The average Bonchev–Trinajstić information content (AvgIpc) is 2.48. The van der Waals surface area contributed by atoms with E-state index in [1.54, 1.807) is 0 Å². The first-order valence-corrected chi connectivity index (χ1v) is 11.3. The second kappa shape index (κ2) is 11.7. The number of aliphatic hydroxyl groups is 2. The summed E-state index contributed by atoms with van der Waals surface area (Å²) < 4.78 is 17.5. The summed E-state index contributed by atoms with van der Waals surface area (Å²) in [6, 6.07) is -0.249. The number of likely N-dealkylation sites (N-methyl/N-ethyl adjacent to an activating group) is 1. The summed E-state index contributed by atoms with van der Waals surface area (Å²) in [6.45, 7) is 3.67. The first-order chi connectivity index (χ1) is 11.9. The predicted molar refractivity (Wildman–Crippen MR) is 101 cm³/mol. The van der Waals surface area contributed by atoms with Gasteiger partial charge in [0.15, 0.2) is 0 Å². The first kappa shape index (κ1) is 26.0. The van der Waals surface area contributed by atoms with Crippen LogP contribution >= 0.6 is 7.82 Å². The molecule has 0 aromatic heterocycles. The van der Waals surface area contributed by atoms with Gasteiger partial charge < -0.3 is 29.0 Å². The Kier molecular flexibility index (Phi) is 11.7. The average molecular weight is 397 g/mol. The van der Waals surface area contributed by atoms with Crippen LogP contribution in [0.25, 0.3) is 0 Å². The lowest BCUT2D eigenvalue weighted by atomic mass is 9.79. The first-order valence-electron chi connectivity index (χ1n) is 9.76. The fourth-order valence-corrected chi connectivity index (χ4v) is 4.61. The van der Waals surface area contributed by atoms with Crippen LogP contribution in [-0.4, -0.2) is 65.1 Å². The standard InChI is InChI=1S/C18H40NO6P/c1-6-8-10-12-17(19(3,4)5)18(13-11-9-7-2,14-16(21)15-20)25-26(22,23)24/h16-17,20-21H,6-15H2,1-5H3,(H-,22,23,24). The number of phosphoric ester groups is 1. The third-order valence-corrected chi connectivity index (χ3v) is 5.51. The molecule has 8 heteroatoms. The highest BCUT2D eigenvalue weighted by Crippen LogP contribution is 2.46. The Morgan fingerprint density at radius 1 is 1.12 bits per heavy atom. The molecule has 3 N–H and O–H groups in total. The van der Waals surface area contributed by atoms with Gasteiger partial charge in [0.1, 0.15) is 11.6 Å². The van der Waals surface area contributed by atoms with Gasteiger partial charge >= 0.3 is 0 Å². The molecule has 7 nitrogen and oxygen atoms in total. The van der Waals surface area contributed by atoms with E-state index in [0.717, 1.165) is 38.5 Å². The van der Waals surface area contributed by atoms with Crippen LogP contribution in [0.3, 0.4) is 0 Å². The van der Waals surface area contributed by atoms with Gasteiger partial charge in [0.25, 0.3) is 7.82 Å². The number of hydrogen-bond acceptors (Lipinski definition) is 5. The lowest BCUT2D eigenvalue weighted by molar-refractivity contribution is -0.904. The molecule has 0 aromatic rings. The molecule has 26 heavy (non-hydrogen) atoms. The van der Waals surface area contributed by atoms with Crippen molar-refractivity contribution in [3.05, 3.63) is 0 Å². The van der Waals surface area contributed by atoms with Gasteiger partial charge in [0.05, 0.1) is 33.9 Å². The molecule has 0 saturated heterocycles. The molecule has 0 aliphatic carbocycles. The van der Waals surface area contributed by atoms with E-state index in [-0.39, 0.29) is 12.5 Å². The van der Waals surface area contributed by atoms with Crippen molar-refractivity contribution in [2.45, 2.75) is 89.4 Å². The maximum atomic E-state index is 11.7. The molecule has 0 radical (unpaired) electrons. The Morgan fingerprint density at radius 3 is 2.08 bits per heavy atom. The summed E-state index contributed by atoms with van der Waals surface area (Å²) in [5.41, 5.74) is -1.25. The van der Waals surface area contributed by atoms with Gasteiger partial charge in [-0.2, -0.15) is 0 Å². The molecule has 0 aliphatic heterocycles. The molecule has 0 spiro atoms. The fraction of sp³-hybridized carbons (Fsp3) is 1.00. The van der Waals surface area contributed by atoms with E-state index >= 15 is 0 Å². The number of hydrogen-bond donors (Lipinski definition) is 3. The smallest absolute Gasteiger partial charge is 0.266 e. The zero-order chi connectivity index (χ0) is 20.4. The summed E-state index contributed by atoms with van der Waals surface area (Å²) in [5.74, 6) is 0. The van der Waals surface area contributed by atoms with Crippen molar-refractivity contribution < 1.29 is 33.6 Å². The van der Waals surface area contributed by atoms with Gasteiger partial charge in [0.2, 0.25) is 0 Å². The Balaban J connectivity index is 5.95. The van der Waals surface area contributed by atoms with Gasteiger partial charge in [-0.05, 0) is 12.8 Å². The van der Waals surface area contributed by atoms with Gasteiger partial charge in [-0.15, -0.1) is 0 Å². The summed E-state index contributed by atoms with van der Waals surface area (Å²) in [7, 11) is 0.878. The molecule has 0 saturated carbocycles. The number of quaternary nitrogens is 1. The largest absolute Gasteiger partial charge is 0.756 e. The SMILES string of the molecule is CCCCCC(C(CCCCC)(CC(O)CO)OP(=O)([O-])O)[N+](C)(C)C. The third kappa shape index (κ3) is 9.79.